The molecule has 2 fully saturated rings. The zero-order chi connectivity index (χ0) is 16.6. The van der Waals surface area contributed by atoms with Gasteiger partial charge in [-0.2, -0.15) is 8.42 Å². The Balaban J connectivity index is 1.51. The number of rotatable bonds is 5. The van der Waals surface area contributed by atoms with Crippen LogP contribution >= 0.6 is 0 Å². The molecule has 5 nitrogen and oxygen atoms in total. The third-order valence-corrected chi connectivity index (χ3v) is 6.46. The highest BCUT2D eigenvalue weighted by molar-refractivity contribution is 7.86. The van der Waals surface area contributed by atoms with Gasteiger partial charge < -0.3 is 4.90 Å². The first kappa shape index (κ1) is 16.9. The van der Waals surface area contributed by atoms with Gasteiger partial charge in [-0.1, -0.05) is 17.7 Å². The molecule has 1 saturated heterocycles. The fourth-order valence-electron chi connectivity index (χ4n) is 3.38. The summed E-state index contributed by atoms with van der Waals surface area (Å²) in [6, 6.07) is 7.91. The molecule has 1 saturated carbocycles. The Bertz CT molecular complexity index is 636. The number of benzene rings is 1. The van der Waals surface area contributed by atoms with Crippen LogP contribution in [0.25, 0.3) is 0 Å². The van der Waals surface area contributed by atoms with Crippen LogP contribution in [-0.2, 0) is 14.3 Å². The Morgan fingerprint density at radius 3 is 2.39 bits per heavy atom. The molecule has 0 unspecified atom stereocenters. The molecule has 0 aromatic heterocycles. The van der Waals surface area contributed by atoms with Crippen LogP contribution in [0, 0.1) is 6.92 Å². The second-order valence-electron chi connectivity index (χ2n) is 7.01. The van der Waals surface area contributed by atoms with Crippen LogP contribution in [0.3, 0.4) is 0 Å². The van der Waals surface area contributed by atoms with E-state index >= 15 is 0 Å². The SMILES string of the molecule is Cc1ccc(S(=O)(=O)OC2CC(N3CC[C@@H](N(C)C)C3)C2)cc1. The predicted molar refractivity (Wildman–Crippen MR) is 89.9 cm³/mol. The lowest BCUT2D eigenvalue weighted by Gasteiger charge is -2.40. The van der Waals surface area contributed by atoms with Gasteiger partial charge >= 0.3 is 0 Å². The van der Waals surface area contributed by atoms with Crippen LogP contribution in [0.5, 0.6) is 0 Å². The van der Waals surface area contributed by atoms with Crippen molar-refractivity contribution in [1.29, 1.82) is 0 Å². The van der Waals surface area contributed by atoms with E-state index in [4.69, 9.17) is 4.18 Å². The number of hydrogen-bond acceptors (Lipinski definition) is 5. The smallest absolute Gasteiger partial charge is 0.297 e. The molecule has 1 aliphatic heterocycles. The van der Waals surface area contributed by atoms with Crippen LogP contribution < -0.4 is 0 Å². The zero-order valence-electron chi connectivity index (χ0n) is 14.1. The average Bonchev–Trinajstić information content (AvgIpc) is 2.92. The minimum Gasteiger partial charge on any atom is -0.305 e. The first-order valence-corrected chi connectivity index (χ1v) is 9.66. The Morgan fingerprint density at radius 2 is 1.83 bits per heavy atom. The van der Waals surface area contributed by atoms with E-state index in [-0.39, 0.29) is 11.0 Å². The van der Waals surface area contributed by atoms with Gasteiger partial charge in [0.2, 0.25) is 0 Å². The van der Waals surface area contributed by atoms with Gasteiger partial charge in [0.1, 0.15) is 0 Å². The van der Waals surface area contributed by atoms with Crippen LogP contribution in [0.1, 0.15) is 24.8 Å². The second kappa shape index (κ2) is 6.51. The summed E-state index contributed by atoms with van der Waals surface area (Å²) in [6.45, 7) is 4.12. The van der Waals surface area contributed by atoms with Gasteiger partial charge in [-0.3, -0.25) is 9.08 Å². The van der Waals surface area contributed by atoms with Gasteiger partial charge in [0.25, 0.3) is 10.1 Å². The van der Waals surface area contributed by atoms with Gasteiger partial charge in [-0.15, -0.1) is 0 Å². The quantitative estimate of drug-likeness (QED) is 0.767. The molecule has 1 heterocycles. The number of likely N-dealkylation sites (tertiary alicyclic amines) is 1. The summed E-state index contributed by atoms with van der Waals surface area (Å²) in [7, 11) is 0.605. The Labute approximate surface area is 139 Å². The lowest BCUT2D eigenvalue weighted by molar-refractivity contribution is 0.0298. The maximum atomic E-state index is 12.3. The third-order valence-electron chi connectivity index (χ3n) is 5.08. The zero-order valence-corrected chi connectivity index (χ0v) is 14.9. The van der Waals surface area contributed by atoms with E-state index in [1.54, 1.807) is 24.3 Å². The standard InChI is InChI=1S/C17H26N2O3S/c1-13-4-6-17(7-5-13)23(20,21)22-16-10-15(11-16)19-9-8-14(12-19)18(2)3/h4-7,14-16H,8-12H2,1-3H3/t14-,15?,16?/m1/s1. The van der Waals surface area contributed by atoms with Crippen molar-refractivity contribution < 1.29 is 12.6 Å². The Kier molecular flexibility index (Phi) is 4.78. The highest BCUT2D eigenvalue weighted by Crippen LogP contribution is 2.33. The fraction of sp³-hybridized carbons (Fsp3) is 0.647. The monoisotopic (exact) mass is 338 g/mol. The van der Waals surface area contributed by atoms with Crippen LogP contribution in [0.15, 0.2) is 29.2 Å². The van der Waals surface area contributed by atoms with Gasteiger partial charge in [-0.05, 0) is 52.4 Å². The van der Waals surface area contributed by atoms with E-state index in [2.05, 4.69) is 23.9 Å². The van der Waals surface area contributed by atoms with Gasteiger partial charge in [0.05, 0.1) is 11.0 Å². The highest BCUT2D eigenvalue weighted by atomic mass is 32.2. The van der Waals surface area contributed by atoms with E-state index in [1.807, 2.05) is 6.92 Å². The van der Waals surface area contributed by atoms with Crippen molar-refractivity contribution in [2.45, 2.75) is 49.3 Å². The molecule has 2 aliphatic rings. The Morgan fingerprint density at radius 1 is 1.17 bits per heavy atom. The predicted octanol–water partition coefficient (Wildman–Crippen LogP) is 1.87. The molecule has 1 aromatic rings. The molecule has 23 heavy (non-hydrogen) atoms. The molecule has 0 bridgehead atoms. The summed E-state index contributed by atoms with van der Waals surface area (Å²) in [5.74, 6) is 0. The van der Waals surface area contributed by atoms with Crippen molar-refractivity contribution in [1.82, 2.24) is 9.80 Å². The van der Waals surface area contributed by atoms with Crippen molar-refractivity contribution in [2.24, 2.45) is 0 Å². The van der Waals surface area contributed by atoms with Crippen molar-refractivity contribution >= 4 is 10.1 Å². The van der Waals surface area contributed by atoms with Crippen LogP contribution in [0.4, 0.5) is 0 Å². The van der Waals surface area contributed by atoms with E-state index < -0.39 is 10.1 Å². The maximum Gasteiger partial charge on any atom is 0.297 e. The summed E-state index contributed by atoms with van der Waals surface area (Å²) >= 11 is 0. The normalized spacial score (nSPS) is 29.0. The second-order valence-corrected chi connectivity index (χ2v) is 8.58. The summed E-state index contributed by atoms with van der Waals surface area (Å²) < 4.78 is 29.9. The molecular weight excluding hydrogens is 312 g/mol. The fourth-order valence-corrected chi connectivity index (χ4v) is 4.47. The van der Waals surface area contributed by atoms with E-state index in [9.17, 15) is 8.42 Å². The highest BCUT2D eigenvalue weighted by Gasteiger charge is 2.40. The van der Waals surface area contributed by atoms with Gasteiger partial charge in [0.15, 0.2) is 0 Å². The van der Waals surface area contributed by atoms with Gasteiger partial charge in [-0.25, -0.2) is 0 Å². The van der Waals surface area contributed by atoms with Crippen molar-refractivity contribution in [3.8, 4) is 0 Å². The van der Waals surface area contributed by atoms with Crippen molar-refractivity contribution in [2.75, 3.05) is 27.2 Å². The Hall–Kier alpha value is -0.950. The van der Waals surface area contributed by atoms with Crippen LogP contribution in [-0.4, -0.2) is 63.6 Å². The molecular formula is C17H26N2O3S. The lowest BCUT2D eigenvalue weighted by atomic mass is 9.88. The first-order valence-electron chi connectivity index (χ1n) is 8.25. The number of likely N-dealkylation sites (N-methyl/N-ethyl adjacent to an activating group) is 1. The molecule has 0 radical (unpaired) electrons. The van der Waals surface area contributed by atoms with E-state index in [0.29, 0.717) is 12.1 Å². The minimum absolute atomic E-state index is 0.176. The molecule has 0 amide bonds. The summed E-state index contributed by atoms with van der Waals surface area (Å²) in [5, 5.41) is 0. The molecule has 1 aromatic carbocycles. The molecule has 1 atom stereocenters. The molecule has 128 valence electrons. The third kappa shape index (κ3) is 3.76. The molecule has 1 aliphatic carbocycles. The lowest BCUT2D eigenvalue weighted by Crippen LogP contribution is -2.48. The number of nitrogens with zero attached hydrogens (tertiary/aromatic N) is 2. The largest absolute Gasteiger partial charge is 0.305 e. The first-order chi connectivity index (χ1) is 10.8. The van der Waals surface area contributed by atoms with Crippen molar-refractivity contribution in [3.63, 3.8) is 0 Å². The average molecular weight is 338 g/mol. The summed E-state index contributed by atoms with van der Waals surface area (Å²) in [6.07, 6.45) is 2.64. The molecule has 0 N–H and O–H groups in total. The molecule has 6 heteroatoms. The van der Waals surface area contributed by atoms with Crippen molar-refractivity contribution in [3.05, 3.63) is 29.8 Å². The topological polar surface area (TPSA) is 49.9 Å². The van der Waals surface area contributed by atoms with Gasteiger partial charge in [0, 0.05) is 25.2 Å². The maximum absolute atomic E-state index is 12.3. The number of aryl methyl sites for hydroxylation is 1. The molecule has 3 rings (SSSR count). The van der Waals surface area contributed by atoms with E-state index in [1.165, 1.54) is 6.42 Å². The van der Waals surface area contributed by atoms with E-state index in [0.717, 1.165) is 31.5 Å². The van der Waals surface area contributed by atoms with Crippen LogP contribution in [0.2, 0.25) is 0 Å². The molecule has 0 spiro atoms. The summed E-state index contributed by atoms with van der Waals surface area (Å²) in [4.78, 5) is 5.00. The minimum atomic E-state index is -3.64. The summed E-state index contributed by atoms with van der Waals surface area (Å²) in [5.41, 5.74) is 1.04. The number of hydrogen-bond donors (Lipinski definition) is 0.